The highest BCUT2D eigenvalue weighted by molar-refractivity contribution is 5.90. The van der Waals surface area contributed by atoms with E-state index < -0.39 is 5.97 Å². The maximum atomic E-state index is 11.4. The number of piperidine rings is 1. The number of carboxylic acid groups (broad SMARTS) is 1. The molecule has 0 aliphatic carbocycles. The molecule has 11 nitrogen and oxygen atoms in total. The lowest BCUT2D eigenvalue weighted by atomic mass is 9.93. The van der Waals surface area contributed by atoms with Crippen LogP contribution in [-0.4, -0.2) is 67.0 Å². The molecule has 11 heteroatoms. The fourth-order valence-corrected chi connectivity index (χ4v) is 8.10. The van der Waals surface area contributed by atoms with E-state index in [-0.39, 0.29) is 5.92 Å². The molecule has 0 spiro atoms. The Kier molecular flexibility index (Phi) is 9.56. The Labute approximate surface area is 314 Å². The smallest absolute Gasteiger partial charge is 0.306 e. The molecule has 0 radical (unpaired) electrons. The average molecular weight is 721 g/mol. The van der Waals surface area contributed by atoms with E-state index in [1.165, 1.54) is 6.42 Å². The number of carbonyl (C=O) groups is 1. The van der Waals surface area contributed by atoms with Gasteiger partial charge in [0, 0.05) is 37.1 Å². The molecule has 2 aliphatic heterocycles. The number of nitriles is 1. The topological polar surface area (TPSA) is 144 Å². The summed E-state index contributed by atoms with van der Waals surface area (Å²) in [6.07, 6.45) is 4.43. The second kappa shape index (κ2) is 14.6. The molecule has 2 aliphatic rings. The summed E-state index contributed by atoms with van der Waals surface area (Å²) in [6, 6.07) is 20.6. The molecule has 0 amide bonds. The van der Waals surface area contributed by atoms with Crippen molar-refractivity contribution in [3.05, 3.63) is 94.4 Å². The van der Waals surface area contributed by atoms with Gasteiger partial charge in [-0.05, 0) is 129 Å². The Morgan fingerprint density at radius 3 is 2.33 bits per heavy atom. The van der Waals surface area contributed by atoms with Gasteiger partial charge in [0.15, 0.2) is 11.4 Å². The molecule has 3 aromatic carbocycles. The quantitative estimate of drug-likeness (QED) is 0.149. The number of aromatic nitrogens is 4. The van der Waals surface area contributed by atoms with E-state index in [0.29, 0.717) is 66.7 Å². The molecule has 1 unspecified atom stereocenters. The first-order valence-corrected chi connectivity index (χ1v) is 18.7. The number of aliphatic carboxylic acids is 1. The molecule has 0 saturated carbocycles. The van der Waals surface area contributed by atoms with E-state index >= 15 is 0 Å². The number of nitrogens with one attached hydrogen (secondary N) is 1. The van der Waals surface area contributed by atoms with Crippen LogP contribution in [0.25, 0.3) is 44.7 Å². The maximum absolute atomic E-state index is 11.4. The lowest BCUT2D eigenvalue weighted by molar-refractivity contribution is -0.143. The zero-order valence-corrected chi connectivity index (χ0v) is 31.2. The minimum Gasteiger partial charge on any atom is -0.481 e. The number of nitrogens with zero attached hydrogens (tertiary/aromatic N) is 7. The maximum Gasteiger partial charge on any atom is 0.306 e. The molecule has 6 aromatic rings. The van der Waals surface area contributed by atoms with Gasteiger partial charge in [0.25, 0.3) is 0 Å². The molecular formula is C43H44N8O3. The summed E-state index contributed by atoms with van der Waals surface area (Å²) in [5, 5.41) is 23.0. The van der Waals surface area contributed by atoms with Crippen LogP contribution in [0.4, 0.5) is 11.5 Å². The number of oxazole rings is 1. The highest BCUT2D eigenvalue weighted by Gasteiger charge is 2.25. The van der Waals surface area contributed by atoms with Crippen molar-refractivity contribution in [1.29, 1.82) is 5.26 Å². The van der Waals surface area contributed by atoms with Crippen LogP contribution in [0.5, 0.6) is 0 Å². The first kappa shape index (κ1) is 35.3. The van der Waals surface area contributed by atoms with Crippen molar-refractivity contribution < 1.29 is 14.3 Å². The van der Waals surface area contributed by atoms with Crippen LogP contribution in [-0.2, 0) is 17.9 Å². The van der Waals surface area contributed by atoms with Crippen molar-refractivity contribution in [2.75, 3.05) is 31.5 Å². The second-order valence-electron chi connectivity index (χ2n) is 15.1. The SMILES string of the molecule is Cc1nc(Nc2cccc(-c3cccc(-c4nc5cc(CN6CCC(C(=O)O)CC6)cc(C#N)c5o4)c3C)c2C)c2ncc(CN3CCC(C)C3)cc2n1. The Hall–Kier alpha value is -5.70. The third-order valence-electron chi connectivity index (χ3n) is 11.1. The van der Waals surface area contributed by atoms with Crippen molar-refractivity contribution in [3.63, 3.8) is 0 Å². The summed E-state index contributed by atoms with van der Waals surface area (Å²) >= 11 is 0. The number of anilines is 2. The van der Waals surface area contributed by atoms with Crippen molar-refractivity contribution in [3.8, 4) is 28.7 Å². The molecule has 5 heterocycles. The van der Waals surface area contributed by atoms with E-state index in [2.05, 4.69) is 66.2 Å². The number of benzene rings is 3. The van der Waals surface area contributed by atoms with Gasteiger partial charge in [-0.15, -0.1) is 0 Å². The van der Waals surface area contributed by atoms with Gasteiger partial charge in [0.1, 0.15) is 22.9 Å². The summed E-state index contributed by atoms with van der Waals surface area (Å²) in [4.78, 5) is 35.4. The standard InChI is InChI=1S/C43H44N8O3/c1-25-11-14-51(22-25)24-30-19-37-39(45-21-30)41(47-28(4)46-37)48-36-10-6-8-34(27(36)3)33-7-5-9-35(26(33)2)42-49-38-18-29(17-32(20-44)40(38)54-42)23-50-15-12-31(13-16-50)43(52)53/h5-10,17-19,21,25,31H,11-16,22-24H2,1-4H3,(H,52,53)(H,46,47,48). The zero-order chi connectivity index (χ0) is 37.5. The van der Waals surface area contributed by atoms with Crippen LogP contribution < -0.4 is 5.32 Å². The van der Waals surface area contributed by atoms with E-state index in [1.54, 1.807) is 0 Å². The predicted molar refractivity (Wildman–Crippen MR) is 209 cm³/mol. The van der Waals surface area contributed by atoms with Gasteiger partial charge in [-0.25, -0.2) is 15.0 Å². The summed E-state index contributed by atoms with van der Waals surface area (Å²) in [5.41, 5.74) is 11.2. The van der Waals surface area contributed by atoms with Gasteiger partial charge in [0.05, 0.1) is 17.0 Å². The number of hydrogen-bond acceptors (Lipinski definition) is 10. The Morgan fingerprint density at radius 1 is 0.889 bits per heavy atom. The second-order valence-corrected chi connectivity index (χ2v) is 15.1. The predicted octanol–water partition coefficient (Wildman–Crippen LogP) is 8.18. The van der Waals surface area contributed by atoms with Gasteiger partial charge >= 0.3 is 5.97 Å². The van der Waals surface area contributed by atoms with E-state index in [1.807, 2.05) is 43.5 Å². The summed E-state index contributed by atoms with van der Waals surface area (Å²) < 4.78 is 6.32. The summed E-state index contributed by atoms with van der Waals surface area (Å²) in [6.45, 7) is 13.5. The highest BCUT2D eigenvalue weighted by Crippen LogP contribution is 2.38. The van der Waals surface area contributed by atoms with E-state index in [4.69, 9.17) is 24.4 Å². The van der Waals surface area contributed by atoms with Crippen LogP contribution in [0, 0.1) is 43.9 Å². The van der Waals surface area contributed by atoms with Crippen molar-refractivity contribution in [2.45, 2.75) is 60.0 Å². The van der Waals surface area contributed by atoms with Gasteiger partial charge < -0.3 is 14.8 Å². The normalized spacial score (nSPS) is 17.0. The molecule has 274 valence electrons. The zero-order valence-electron chi connectivity index (χ0n) is 31.2. The number of pyridine rings is 1. The number of likely N-dealkylation sites (tertiary alicyclic amines) is 2. The monoisotopic (exact) mass is 720 g/mol. The molecule has 0 bridgehead atoms. The molecule has 2 saturated heterocycles. The van der Waals surface area contributed by atoms with Gasteiger partial charge in [-0.3, -0.25) is 19.6 Å². The molecule has 54 heavy (non-hydrogen) atoms. The van der Waals surface area contributed by atoms with Crippen LogP contribution >= 0.6 is 0 Å². The molecule has 1 atom stereocenters. The largest absolute Gasteiger partial charge is 0.481 e. The lowest BCUT2D eigenvalue weighted by Crippen LogP contribution is -2.35. The van der Waals surface area contributed by atoms with Crippen LogP contribution in [0.1, 0.15) is 59.8 Å². The highest BCUT2D eigenvalue weighted by atomic mass is 16.4. The molecular weight excluding hydrogens is 677 g/mol. The number of hydrogen-bond donors (Lipinski definition) is 2. The Morgan fingerprint density at radius 2 is 1.59 bits per heavy atom. The van der Waals surface area contributed by atoms with E-state index in [0.717, 1.165) is 81.2 Å². The number of fused-ring (bicyclic) bond motifs is 2. The first-order chi connectivity index (χ1) is 26.1. The van der Waals surface area contributed by atoms with E-state index in [9.17, 15) is 15.2 Å². The minimum absolute atomic E-state index is 0.291. The number of aryl methyl sites for hydroxylation is 1. The Balaban J connectivity index is 1.07. The van der Waals surface area contributed by atoms with Gasteiger partial charge in [0.2, 0.25) is 5.89 Å². The van der Waals surface area contributed by atoms with Gasteiger partial charge in [-0.2, -0.15) is 5.26 Å². The van der Waals surface area contributed by atoms with Crippen molar-refractivity contribution in [2.24, 2.45) is 11.8 Å². The third kappa shape index (κ3) is 7.02. The molecule has 2 fully saturated rings. The molecule has 3 aromatic heterocycles. The van der Waals surface area contributed by atoms with Crippen LogP contribution in [0.3, 0.4) is 0 Å². The molecule has 8 rings (SSSR count). The van der Waals surface area contributed by atoms with Crippen LogP contribution in [0.15, 0.2) is 65.2 Å². The third-order valence-corrected chi connectivity index (χ3v) is 11.1. The van der Waals surface area contributed by atoms with Crippen molar-refractivity contribution in [1.82, 2.24) is 29.7 Å². The van der Waals surface area contributed by atoms with Crippen LogP contribution in [0.2, 0.25) is 0 Å². The van der Waals surface area contributed by atoms with Gasteiger partial charge in [-0.1, -0.05) is 31.2 Å². The first-order valence-electron chi connectivity index (χ1n) is 18.7. The average Bonchev–Trinajstić information content (AvgIpc) is 3.78. The number of carboxylic acids is 1. The Bertz CT molecular complexity index is 2440. The number of rotatable bonds is 9. The minimum atomic E-state index is -0.725. The fourth-order valence-electron chi connectivity index (χ4n) is 8.10. The summed E-state index contributed by atoms with van der Waals surface area (Å²) in [7, 11) is 0. The van der Waals surface area contributed by atoms with Crippen molar-refractivity contribution >= 4 is 39.6 Å². The molecule has 2 N–H and O–H groups in total. The summed E-state index contributed by atoms with van der Waals surface area (Å²) in [5.74, 6) is 1.53. The lowest BCUT2D eigenvalue weighted by Gasteiger charge is -2.30. The fraction of sp³-hybridized carbons (Fsp3) is 0.349.